The number of nitrogens with one attached hydrogen (secondary N) is 2. The van der Waals surface area contributed by atoms with E-state index in [1.807, 2.05) is 24.3 Å². The van der Waals surface area contributed by atoms with E-state index in [0.717, 1.165) is 11.3 Å². The number of para-hydroxylation sites is 1. The van der Waals surface area contributed by atoms with Gasteiger partial charge in [-0.15, -0.1) is 0 Å². The summed E-state index contributed by atoms with van der Waals surface area (Å²) in [5, 5.41) is 14.8. The minimum absolute atomic E-state index is 0.0756. The number of rotatable bonds is 5. The third-order valence-electron chi connectivity index (χ3n) is 4.09. The van der Waals surface area contributed by atoms with E-state index < -0.39 is 0 Å². The summed E-state index contributed by atoms with van der Waals surface area (Å²) in [6.07, 6.45) is 0.655. The lowest BCUT2D eigenvalue weighted by Crippen LogP contribution is -2.41. The molecular formula is C19H20N2O4. The number of fused-ring (bicyclic) bond motifs is 1. The molecule has 3 rings (SSSR count). The molecule has 0 saturated heterocycles. The lowest BCUT2D eigenvalue weighted by molar-refractivity contribution is -0.126. The van der Waals surface area contributed by atoms with Crippen LogP contribution in [0.3, 0.4) is 0 Å². The minimum Gasteiger partial charge on any atom is -0.508 e. The molecule has 2 amide bonds. The Balaban J connectivity index is 1.41. The Morgan fingerprint density at radius 3 is 2.56 bits per heavy atom. The van der Waals surface area contributed by atoms with Crippen LogP contribution in [0.1, 0.15) is 15.9 Å². The Morgan fingerprint density at radius 2 is 1.76 bits per heavy atom. The van der Waals surface area contributed by atoms with Crippen LogP contribution in [0, 0.1) is 5.92 Å². The molecule has 0 aliphatic carbocycles. The highest BCUT2D eigenvalue weighted by molar-refractivity contribution is 5.94. The molecule has 1 aliphatic heterocycles. The smallest absolute Gasteiger partial charge is 0.251 e. The van der Waals surface area contributed by atoms with Gasteiger partial charge in [0.2, 0.25) is 5.91 Å². The Kier molecular flexibility index (Phi) is 5.18. The predicted octanol–water partition coefficient (Wildman–Crippen LogP) is 1.49. The van der Waals surface area contributed by atoms with Crippen LogP contribution in [-0.2, 0) is 11.2 Å². The molecule has 0 saturated carbocycles. The molecule has 0 fully saturated rings. The number of benzene rings is 2. The summed E-state index contributed by atoms with van der Waals surface area (Å²) in [5.74, 6) is 0.410. The summed E-state index contributed by atoms with van der Waals surface area (Å²) >= 11 is 0. The van der Waals surface area contributed by atoms with Crippen LogP contribution >= 0.6 is 0 Å². The van der Waals surface area contributed by atoms with E-state index in [0.29, 0.717) is 31.7 Å². The fraction of sp³-hybridized carbons (Fsp3) is 0.263. The van der Waals surface area contributed by atoms with Gasteiger partial charge in [0, 0.05) is 18.7 Å². The zero-order chi connectivity index (χ0) is 17.6. The van der Waals surface area contributed by atoms with E-state index in [4.69, 9.17) is 4.74 Å². The largest absolute Gasteiger partial charge is 0.508 e. The molecule has 2 aromatic rings. The first kappa shape index (κ1) is 16.8. The van der Waals surface area contributed by atoms with Crippen LogP contribution in [-0.4, -0.2) is 36.6 Å². The second-order valence-electron chi connectivity index (χ2n) is 5.91. The zero-order valence-electron chi connectivity index (χ0n) is 13.7. The summed E-state index contributed by atoms with van der Waals surface area (Å²) in [4.78, 5) is 24.1. The number of aromatic hydroxyl groups is 1. The van der Waals surface area contributed by atoms with E-state index in [2.05, 4.69) is 10.6 Å². The zero-order valence-corrected chi connectivity index (χ0v) is 13.7. The molecule has 0 bridgehead atoms. The lowest BCUT2D eigenvalue weighted by atomic mass is 9.96. The second-order valence-corrected chi connectivity index (χ2v) is 5.91. The van der Waals surface area contributed by atoms with Gasteiger partial charge in [0.1, 0.15) is 18.1 Å². The molecule has 1 aliphatic rings. The quantitative estimate of drug-likeness (QED) is 0.720. The van der Waals surface area contributed by atoms with E-state index in [1.54, 1.807) is 12.1 Å². The first-order valence-corrected chi connectivity index (χ1v) is 8.19. The van der Waals surface area contributed by atoms with Gasteiger partial charge in [-0.2, -0.15) is 0 Å². The molecule has 0 spiro atoms. The van der Waals surface area contributed by atoms with Gasteiger partial charge in [0.15, 0.2) is 0 Å². The number of phenolic OH excluding ortho intramolecular Hbond substituents is 1. The van der Waals surface area contributed by atoms with Crippen molar-refractivity contribution in [3.8, 4) is 11.5 Å². The first-order valence-electron chi connectivity index (χ1n) is 8.19. The van der Waals surface area contributed by atoms with Gasteiger partial charge < -0.3 is 20.5 Å². The van der Waals surface area contributed by atoms with Crippen molar-refractivity contribution < 1.29 is 19.4 Å². The number of ether oxygens (including phenoxy) is 1. The van der Waals surface area contributed by atoms with Gasteiger partial charge in [-0.1, -0.05) is 18.2 Å². The molecule has 130 valence electrons. The average Bonchev–Trinajstić information content (AvgIpc) is 2.65. The fourth-order valence-electron chi connectivity index (χ4n) is 2.72. The van der Waals surface area contributed by atoms with Crippen LogP contribution in [0.5, 0.6) is 11.5 Å². The Morgan fingerprint density at radius 1 is 1.04 bits per heavy atom. The van der Waals surface area contributed by atoms with E-state index in [-0.39, 0.29) is 23.5 Å². The number of phenols is 1. The Hall–Kier alpha value is -3.02. The maximum Gasteiger partial charge on any atom is 0.251 e. The van der Waals surface area contributed by atoms with Crippen molar-refractivity contribution in [2.24, 2.45) is 5.92 Å². The third-order valence-corrected chi connectivity index (χ3v) is 4.09. The Labute approximate surface area is 145 Å². The van der Waals surface area contributed by atoms with Gasteiger partial charge >= 0.3 is 0 Å². The molecule has 6 nitrogen and oxygen atoms in total. The molecular weight excluding hydrogens is 320 g/mol. The van der Waals surface area contributed by atoms with Crippen molar-refractivity contribution in [1.82, 2.24) is 10.6 Å². The second kappa shape index (κ2) is 7.70. The van der Waals surface area contributed by atoms with Gasteiger partial charge in [-0.3, -0.25) is 9.59 Å². The van der Waals surface area contributed by atoms with Crippen molar-refractivity contribution in [2.75, 3.05) is 19.7 Å². The molecule has 0 radical (unpaired) electrons. The maximum absolute atomic E-state index is 12.2. The number of amides is 2. The van der Waals surface area contributed by atoms with E-state index in [9.17, 15) is 14.7 Å². The normalized spacial score (nSPS) is 15.6. The Bertz CT molecular complexity index is 758. The van der Waals surface area contributed by atoms with Gasteiger partial charge in [0.05, 0.1) is 5.92 Å². The topological polar surface area (TPSA) is 87.7 Å². The summed E-state index contributed by atoms with van der Waals surface area (Å²) < 4.78 is 5.62. The summed E-state index contributed by atoms with van der Waals surface area (Å²) in [6.45, 7) is 1.04. The SMILES string of the molecule is O=C(NCCNC(=O)C1COc2ccccc2C1)c1ccc(O)cc1. The van der Waals surface area contributed by atoms with Gasteiger partial charge in [0.25, 0.3) is 5.91 Å². The molecule has 2 aromatic carbocycles. The van der Waals surface area contributed by atoms with Crippen LogP contribution < -0.4 is 15.4 Å². The highest BCUT2D eigenvalue weighted by Gasteiger charge is 2.25. The molecule has 0 aromatic heterocycles. The summed E-state index contributed by atoms with van der Waals surface area (Å²) in [6, 6.07) is 13.7. The minimum atomic E-state index is -0.246. The highest BCUT2D eigenvalue weighted by atomic mass is 16.5. The standard InChI is InChI=1S/C19H20N2O4/c22-16-7-5-13(6-8-16)18(23)20-9-10-21-19(24)15-11-14-3-1-2-4-17(14)25-12-15/h1-8,15,22H,9-12H2,(H,20,23)(H,21,24). The number of carbonyl (C=O) groups is 2. The van der Waals surface area contributed by atoms with Gasteiger partial charge in [-0.25, -0.2) is 0 Å². The number of hydrogen-bond donors (Lipinski definition) is 3. The first-order chi connectivity index (χ1) is 12.1. The maximum atomic E-state index is 12.2. The van der Waals surface area contributed by atoms with Gasteiger partial charge in [-0.05, 0) is 42.3 Å². The fourth-order valence-corrected chi connectivity index (χ4v) is 2.72. The van der Waals surface area contributed by atoms with Crippen molar-refractivity contribution in [3.63, 3.8) is 0 Å². The van der Waals surface area contributed by atoms with Crippen LogP contribution in [0.15, 0.2) is 48.5 Å². The van der Waals surface area contributed by atoms with Crippen molar-refractivity contribution >= 4 is 11.8 Å². The molecule has 1 heterocycles. The van der Waals surface area contributed by atoms with Crippen molar-refractivity contribution in [1.29, 1.82) is 0 Å². The molecule has 1 unspecified atom stereocenters. The average molecular weight is 340 g/mol. The molecule has 25 heavy (non-hydrogen) atoms. The van der Waals surface area contributed by atoms with E-state index in [1.165, 1.54) is 12.1 Å². The highest BCUT2D eigenvalue weighted by Crippen LogP contribution is 2.26. The lowest BCUT2D eigenvalue weighted by Gasteiger charge is -2.24. The van der Waals surface area contributed by atoms with Crippen LogP contribution in [0.4, 0.5) is 0 Å². The van der Waals surface area contributed by atoms with Crippen LogP contribution in [0.2, 0.25) is 0 Å². The van der Waals surface area contributed by atoms with Crippen molar-refractivity contribution in [3.05, 3.63) is 59.7 Å². The van der Waals surface area contributed by atoms with Crippen LogP contribution in [0.25, 0.3) is 0 Å². The predicted molar refractivity (Wildman–Crippen MR) is 92.6 cm³/mol. The molecule has 1 atom stereocenters. The number of carbonyl (C=O) groups excluding carboxylic acids is 2. The molecule has 3 N–H and O–H groups in total. The summed E-state index contributed by atoms with van der Waals surface area (Å²) in [5.41, 5.74) is 1.50. The molecule has 6 heteroatoms. The third kappa shape index (κ3) is 4.29. The summed E-state index contributed by atoms with van der Waals surface area (Å²) in [7, 11) is 0. The van der Waals surface area contributed by atoms with Crippen molar-refractivity contribution in [2.45, 2.75) is 6.42 Å². The number of hydrogen-bond acceptors (Lipinski definition) is 4. The van der Waals surface area contributed by atoms with E-state index >= 15 is 0 Å². The monoisotopic (exact) mass is 340 g/mol.